The van der Waals surface area contributed by atoms with Crippen molar-refractivity contribution < 1.29 is 4.42 Å². The topological polar surface area (TPSA) is 76.6 Å². The first-order valence-corrected chi connectivity index (χ1v) is 9.01. The summed E-state index contributed by atoms with van der Waals surface area (Å²) in [7, 11) is 1.77. The minimum atomic E-state index is 0.209. The highest BCUT2D eigenvalue weighted by Crippen LogP contribution is 2.24. The molecule has 26 heavy (non-hydrogen) atoms. The summed E-state index contributed by atoms with van der Waals surface area (Å²) in [5.74, 6) is 1.74. The second-order valence-electron chi connectivity index (χ2n) is 6.39. The molecule has 1 aromatic heterocycles. The van der Waals surface area contributed by atoms with Crippen molar-refractivity contribution in [3.63, 3.8) is 0 Å². The summed E-state index contributed by atoms with van der Waals surface area (Å²) in [5, 5.41) is 15.6. The van der Waals surface area contributed by atoms with E-state index in [0.717, 1.165) is 36.9 Å². The molecule has 6 nitrogen and oxygen atoms in total. The Labute approximate surface area is 154 Å². The smallest absolute Gasteiger partial charge is 0.191 e. The molecule has 2 N–H and O–H groups in total. The maximum absolute atomic E-state index is 8.87. The van der Waals surface area contributed by atoms with Gasteiger partial charge in [-0.3, -0.25) is 9.89 Å². The lowest BCUT2D eigenvalue weighted by Crippen LogP contribution is -2.42. The number of likely N-dealkylation sites (tertiary alicyclic amines) is 1. The highest BCUT2D eigenvalue weighted by molar-refractivity contribution is 5.79. The molecule has 2 heterocycles. The molecule has 1 aromatic carbocycles. The molecule has 0 spiro atoms. The zero-order valence-electron chi connectivity index (χ0n) is 15.1. The normalized spacial score (nSPS) is 16.2. The minimum absolute atomic E-state index is 0.209. The second kappa shape index (κ2) is 9.07. The van der Waals surface area contributed by atoms with Crippen LogP contribution in [0.25, 0.3) is 0 Å². The van der Waals surface area contributed by atoms with E-state index in [1.54, 1.807) is 13.3 Å². The van der Waals surface area contributed by atoms with Crippen LogP contribution in [0.4, 0.5) is 0 Å². The summed E-state index contributed by atoms with van der Waals surface area (Å²) in [6.45, 7) is 3.59. The molecular weight excluding hydrogens is 326 g/mol. The van der Waals surface area contributed by atoms with Crippen LogP contribution in [0.1, 0.15) is 35.8 Å². The average Bonchev–Trinajstić information content (AvgIpc) is 3.39. The van der Waals surface area contributed by atoms with Gasteiger partial charge in [0.05, 0.1) is 23.9 Å². The van der Waals surface area contributed by atoms with Gasteiger partial charge in [-0.25, -0.2) is 0 Å². The lowest BCUT2D eigenvalue weighted by atomic mass is 10.1. The highest BCUT2D eigenvalue weighted by atomic mass is 16.3. The fraction of sp³-hybridized carbons (Fsp3) is 0.400. The molecule has 0 amide bonds. The van der Waals surface area contributed by atoms with Gasteiger partial charge in [0, 0.05) is 20.1 Å². The molecule has 0 radical (unpaired) electrons. The summed E-state index contributed by atoms with van der Waals surface area (Å²) < 4.78 is 5.66. The van der Waals surface area contributed by atoms with Crippen LogP contribution in [0.15, 0.2) is 52.1 Å². The quantitative estimate of drug-likeness (QED) is 0.618. The van der Waals surface area contributed by atoms with E-state index in [1.165, 1.54) is 12.8 Å². The van der Waals surface area contributed by atoms with Crippen LogP contribution in [0.5, 0.6) is 0 Å². The van der Waals surface area contributed by atoms with Crippen LogP contribution >= 0.6 is 0 Å². The SMILES string of the molecule is CN=C(NCc1ccc(C#N)cc1)NCC(c1ccco1)N1CCCC1. The number of nitrogens with one attached hydrogen (secondary N) is 2. The van der Waals surface area contributed by atoms with Gasteiger partial charge in [0.1, 0.15) is 5.76 Å². The Morgan fingerprint density at radius 2 is 2.00 bits per heavy atom. The lowest BCUT2D eigenvalue weighted by molar-refractivity contribution is 0.215. The van der Waals surface area contributed by atoms with Crippen molar-refractivity contribution in [3.8, 4) is 6.07 Å². The predicted octanol–water partition coefficient (Wildman–Crippen LogP) is 2.65. The van der Waals surface area contributed by atoms with Gasteiger partial charge >= 0.3 is 0 Å². The summed E-state index contributed by atoms with van der Waals surface area (Å²) in [4.78, 5) is 6.77. The Morgan fingerprint density at radius 3 is 2.62 bits per heavy atom. The van der Waals surface area contributed by atoms with Crippen LogP contribution in [0.3, 0.4) is 0 Å². The van der Waals surface area contributed by atoms with E-state index >= 15 is 0 Å². The molecular formula is C20H25N5O. The maximum atomic E-state index is 8.87. The number of hydrogen-bond acceptors (Lipinski definition) is 4. The van der Waals surface area contributed by atoms with Crippen LogP contribution in [0, 0.1) is 11.3 Å². The number of benzene rings is 1. The standard InChI is InChI=1S/C20H25N5O/c1-22-20(23-14-17-8-6-16(13-21)7-9-17)24-15-18(19-5-4-12-26-19)25-10-2-3-11-25/h4-9,12,18H,2-3,10-11,14-15H2,1H3,(H2,22,23,24). The van der Waals surface area contributed by atoms with Gasteiger partial charge in [-0.05, 0) is 55.8 Å². The Bertz CT molecular complexity index is 740. The third kappa shape index (κ3) is 4.64. The van der Waals surface area contributed by atoms with Crippen molar-refractivity contribution in [2.24, 2.45) is 4.99 Å². The van der Waals surface area contributed by atoms with Gasteiger partial charge in [-0.1, -0.05) is 12.1 Å². The first kappa shape index (κ1) is 18.0. The molecule has 1 saturated heterocycles. The number of nitriles is 1. The summed E-state index contributed by atoms with van der Waals surface area (Å²) in [6.07, 6.45) is 4.21. The van der Waals surface area contributed by atoms with Crippen LogP contribution in [0.2, 0.25) is 0 Å². The van der Waals surface area contributed by atoms with Gasteiger partial charge in [-0.2, -0.15) is 5.26 Å². The maximum Gasteiger partial charge on any atom is 0.191 e. The molecule has 2 aromatic rings. The van der Waals surface area contributed by atoms with Crippen LogP contribution < -0.4 is 10.6 Å². The Balaban J connectivity index is 1.55. The van der Waals surface area contributed by atoms with Gasteiger partial charge < -0.3 is 15.1 Å². The predicted molar refractivity (Wildman–Crippen MR) is 102 cm³/mol. The Morgan fingerprint density at radius 1 is 1.23 bits per heavy atom. The minimum Gasteiger partial charge on any atom is -0.468 e. The molecule has 3 rings (SSSR count). The van der Waals surface area contributed by atoms with Crippen LogP contribution in [-0.4, -0.2) is 37.5 Å². The monoisotopic (exact) mass is 351 g/mol. The molecule has 136 valence electrons. The number of rotatable bonds is 6. The number of guanidine groups is 1. The fourth-order valence-corrected chi connectivity index (χ4v) is 3.24. The average molecular weight is 351 g/mol. The van der Waals surface area contributed by atoms with E-state index in [9.17, 15) is 0 Å². The molecule has 1 aliphatic heterocycles. The van der Waals surface area contributed by atoms with Crippen LogP contribution in [-0.2, 0) is 6.54 Å². The number of nitrogens with zero attached hydrogens (tertiary/aromatic N) is 3. The van der Waals surface area contributed by atoms with Gasteiger partial charge in [0.25, 0.3) is 0 Å². The van der Waals surface area contributed by atoms with Crippen molar-refractivity contribution in [2.45, 2.75) is 25.4 Å². The van der Waals surface area contributed by atoms with E-state index in [4.69, 9.17) is 9.68 Å². The van der Waals surface area contributed by atoms with Gasteiger partial charge in [-0.15, -0.1) is 0 Å². The summed E-state index contributed by atoms with van der Waals surface area (Å²) in [5.41, 5.74) is 1.78. The number of furan rings is 1. The molecule has 0 bridgehead atoms. The number of aliphatic imine (C=N–C) groups is 1. The van der Waals surface area contributed by atoms with Gasteiger partial charge in [0.15, 0.2) is 5.96 Å². The Hall–Kier alpha value is -2.78. The van der Waals surface area contributed by atoms with Gasteiger partial charge in [0.2, 0.25) is 0 Å². The van der Waals surface area contributed by atoms with Crippen molar-refractivity contribution >= 4 is 5.96 Å². The summed E-state index contributed by atoms with van der Waals surface area (Å²) in [6, 6.07) is 13.9. The van der Waals surface area contributed by atoms with E-state index in [2.05, 4.69) is 26.6 Å². The van der Waals surface area contributed by atoms with Crippen molar-refractivity contribution in [2.75, 3.05) is 26.7 Å². The zero-order chi connectivity index (χ0) is 18.2. The van der Waals surface area contributed by atoms with E-state index in [0.29, 0.717) is 12.1 Å². The molecule has 6 heteroatoms. The fourth-order valence-electron chi connectivity index (χ4n) is 3.24. The molecule has 0 saturated carbocycles. The van der Waals surface area contributed by atoms with E-state index in [-0.39, 0.29) is 6.04 Å². The first-order valence-electron chi connectivity index (χ1n) is 9.01. The summed E-state index contributed by atoms with van der Waals surface area (Å²) >= 11 is 0. The van der Waals surface area contributed by atoms with E-state index < -0.39 is 0 Å². The molecule has 1 atom stereocenters. The molecule has 1 fully saturated rings. The first-order chi connectivity index (χ1) is 12.8. The zero-order valence-corrected chi connectivity index (χ0v) is 15.1. The Kier molecular flexibility index (Phi) is 6.29. The highest BCUT2D eigenvalue weighted by Gasteiger charge is 2.25. The largest absolute Gasteiger partial charge is 0.468 e. The lowest BCUT2D eigenvalue weighted by Gasteiger charge is -2.26. The second-order valence-corrected chi connectivity index (χ2v) is 6.39. The third-order valence-corrected chi connectivity index (χ3v) is 4.68. The number of hydrogen-bond donors (Lipinski definition) is 2. The third-order valence-electron chi connectivity index (χ3n) is 4.68. The van der Waals surface area contributed by atoms with Crippen molar-refractivity contribution in [3.05, 3.63) is 59.5 Å². The van der Waals surface area contributed by atoms with E-state index in [1.807, 2.05) is 36.4 Å². The molecule has 1 aliphatic rings. The van der Waals surface area contributed by atoms with Crippen molar-refractivity contribution in [1.29, 1.82) is 5.26 Å². The molecule has 1 unspecified atom stereocenters. The molecule has 0 aliphatic carbocycles. The van der Waals surface area contributed by atoms with Crippen molar-refractivity contribution in [1.82, 2.24) is 15.5 Å².